The molecule has 26 heavy (non-hydrogen) atoms. The molecule has 0 spiro atoms. The number of amides is 1. The zero-order valence-corrected chi connectivity index (χ0v) is 16.7. The molecule has 0 radical (unpaired) electrons. The van der Waals surface area contributed by atoms with Crippen LogP contribution in [-0.2, 0) is 6.54 Å². The monoisotopic (exact) mass is 429 g/mol. The van der Waals surface area contributed by atoms with Gasteiger partial charge in [-0.3, -0.25) is 9.69 Å². The molecule has 1 aromatic carbocycles. The molecule has 0 aliphatic carbocycles. The van der Waals surface area contributed by atoms with E-state index in [4.69, 9.17) is 0 Å². The third kappa shape index (κ3) is 3.92. The van der Waals surface area contributed by atoms with E-state index in [1.54, 1.807) is 11.3 Å². The molecule has 4 rings (SSSR count). The SMILES string of the molecule is O=C(c1cccc(-n2cccc2)c1)N1CCN(Cc2ccc(Br)s2)CC1. The first kappa shape index (κ1) is 17.5. The molecule has 3 aromatic rings. The summed E-state index contributed by atoms with van der Waals surface area (Å²) in [5, 5.41) is 0. The van der Waals surface area contributed by atoms with E-state index in [1.807, 2.05) is 58.3 Å². The summed E-state index contributed by atoms with van der Waals surface area (Å²) in [5.41, 5.74) is 1.77. The summed E-state index contributed by atoms with van der Waals surface area (Å²) in [6.07, 6.45) is 3.98. The predicted molar refractivity (Wildman–Crippen MR) is 109 cm³/mol. The van der Waals surface area contributed by atoms with Crippen molar-refractivity contribution in [2.75, 3.05) is 26.2 Å². The molecule has 2 aromatic heterocycles. The Labute approximate surface area is 165 Å². The van der Waals surface area contributed by atoms with Gasteiger partial charge in [-0.25, -0.2) is 0 Å². The van der Waals surface area contributed by atoms with Crippen LogP contribution < -0.4 is 0 Å². The van der Waals surface area contributed by atoms with Gasteiger partial charge in [0.1, 0.15) is 0 Å². The topological polar surface area (TPSA) is 28.5 Å². The molecule has 1 fully saturated rings. The second-order valence-electron chi connectivity index (χ2n) is 6.41. The summed E-state index contributed by atoms with van der Waals surface area (Å²) in [7, 11) is 0. The van der Waals surface area contributed by atoms with E-state index in [1.165, 1.54) is 8.66 Å². The number of halogens is 1. The average Bonchev–Trinajstić information content (AvgIpc) is 3.34. The molecule has 0 saturated carbocycles. The van der Waals surface area contributed by atoms with E-state index >= 15 is 0 Å². The van der Waals surface area contributed by atoms with Gasteiger partial charge >= 0.3 is 0 Å². The number of nitrogens with zero attached hydrogens (tertiary/aromatic N) is 3. The van der Waals surface area contributed by atoms with Crippen molar-refractivity contribution >= 4 is 33.2 Å². The van der Waals surface area contributed by atoms with Gasteiger partial charge in [-0.2, -0.15) is 0 Å². The first-order valence-corrected chi connectivity index (χ1v) is 10.3. The zero-order chi connectivity index (χ0) is 17.9. The van der Waals surface area contributed by atoms with Crippen molar-refractivity contribution in [3.05, 3.63) is 75.2 Å². The Bertz CT molecular complexity index is 882. The molecule has 1 saturated heterocycles. The van der Waals surface area contributed by atoms with E-state index in [-0.39, 0.29) is 5.91 Å². The van der Waals surface area contributed by atoms with Gasteiger partial charge in [0.05, 0.1) is 3.79 Å². The van der Waals surface area contributed by atoms with Gasteiger partial charge in [0.2, 0.25) is 0 Å². The number of carbonyl (C=O) groups is 1. The summed E-state index contributed by atoms with van der Waals surface area (Å²) in [4.78, 5) is 18.6. The lowest BCUT2D eigenvalue weighted by atomic mass is 10.1. The number of hydrogen-bond acceptors (Lipinski definition) is 3. The van der Waals surface area contributed by atoms with Crippen LogP contribution in [0.25, 0.3) is 5.69 Å². The first-order chi connectivity index (χ1) is 12.7. The summed E-state index contributed by atoms with van der Waals surface area (Å²) in [6, 6.07) is 16.1. The number of benzene rings is 1. The van der Waals surface area contributed by atoms with Crippen LogP contribution in [0.4, 0.5) is 0 Å². The largest absolute Gasteiger partial charge is 0.336 e. The highest BCUT2D eigenvalue weighted by atomic mass is 79.9. The molecule has 0 N–H and O–H groups in total. The van der Waals surface area contributed by atoms with Crippen molar-refractivity contribution in [2.45, 2.75) is 6.54 Å². The second kappa shape index (κ2) is 7.78. The van der Waals surface area contributed by atoms with E-state index in [9.17, 15) is 4.79 Å². The quantitative estimate of drug-likeness (QED) is 0.619. The Balaban J connectivity index is 1.38. The van der Waals surface area contributed by atoms with Crippen LogP contribution in [0.5, 0.6) is 0 Å². The van der Waals surface area contributed by atoms with E-state index in [0.717, 1.165) is 44.0 Å². The molecular formula is C20H20BrN3OS. The van der Waals surface area contributed by atoms with E-state index in [0.29, 0.717) is 0 Å². The van der Waals surface area contributed by atoms with Crippen LogP contribution in [0, 0.1) is 0 Å². The third-order valence-corrected chi connectivity index (χ3v) is 6.27. The van der Waals surface area contributed by atoms with Gasteiger partial charge < -0.3 is 9.47 Å². The van der Waals surface area contributed by atoms with Crippen LogP contribution in [0.1, 0.15) is 15.2 Å². The van der Waals surface area contributed by atoms with Crippen molar-refractivity contribution in [3.8, 4) is 5.69 Å². The Morgan fingerprint density at radius 3 is 2.46 bits per heavy atom. The highest BCUT2D eigenvalue weighted by Crippen LogP contribution is 2.24. The lowest BCUT2D eigenvalue weighted by Crippen LogP contribution is -2.48. The fourth-order valence-electron chi connectivity index (χ4n) is 3.25. The highest BCUT2D eigenvalue weighted by molar-refractivity contribution is 9.11. The van der Waals surface area contributed by atoms with Crippen molar-refractivity contribution in [1.82, 2.24) is 14.4 Å². The molecule has 1 amide bonds. The number of aromatic nitrogens is 1. The number of rotatable bonds is 4. The van der Waals surface area contributed by atoms with Gasteiger partial charge in [-0.05, 0) is 58.4 Å². The highest BCUT2D eigenvalue weighted by Gasteiger charge is 2.22. The summed E-state index contributed by atoms with van der Waals surface area (Å²) in [5.74, 6) is 0.123. The van der Waals surface area contributed by atoms with Crippen molar-refractivity contribution in [1.29, 1.82) is 0 Å². The maximum absolute atomic E-state index is 12.9. The minimum absolute atomic E-state index is 0.123. The van der Waals surface area contributed by atoms with Gasteiger partial charge in [-0.15, -0.1) is 11.3 Å². The summed E-state index contributed by atoms with van der Waals surface area (Å²) < 4.78 is 3.19. The normalized spacial score (nSPS) is 15.3. The Kier molecular flexibility index (Phi) is 5.24. The molecular weight excluding hydrogens is 410 g/mol. The third-order valence-electron chi connectivity index (χ3n) is 4.66. The van der Waals surface area contributed by atoms with Gasteiger partial charge in [0.15, 0.2) is 0 Å². The number of hydrogen-bond donors (Lipinski definition) is 0. The fourth-order valence-corrected chi connectivity index (χ4v) is 4.78. The Morgan fingerprint density at radius 1 is 1.00 bits per heavy atom. The maximum atomic E-state index is 12.9. The van der Waals surface area contributed by atoms with Gasteiger partial charge in [0.25, 0.3) is 5.91 Å². The van der Waals surface area contributed by atoms with Crippen LogP contribution in [0.2, 0.25) is 0 Å². The lowest BCUT2D eigenvalue weighted by molar-refractivity contribution is 0.0629. The second-order valence-corrected chi connectivity index (χ2v) is 8.96. The molecule has 6 heteroatoms. The van der Waals surface area contributed by atoms with Crippen molar-refractivity contribution in [3.63, 3.8) is 0 Å². The molecule has 3 heterocycles. The number of thiophene rings is 1. The van der Waals surface area contributed by atoms with E-state index < -0.39 is 0 Å². The lowest BCUT2D eigenvalue weighted by Gasteiger charge is -2.34. The van der Waals surface area contributed by atoms with Gasteiger partial charge in [0, 0.05) is 61.2 Å². The molecule has 4 nitrogen and oxygen atoms in total. The zero-order valence-electron chi connectivity index (χ0n) is 14.3. The smallest absolute Gasteiger partial charge is 0.254 e. The molecule has 1 aliphatic rings. The molecule has 0 unspecified atom stereocenters. The van der Waals surface area contributed by atoms with Crippen LogP contribution in [0.3, 0.4) is 0 Å². The number of carbonyl (C=O) groups excluding carboxylic acids is 1. The summed E-state index contributed by atoms with van der Waals surface area (Å²) >= 11 is 5.29. The van der Waals surface area contributed by atoms with Crippen molar-refractivity contribution in [2.24, 2.45) is 0 Å². The Hall–Kier alpha value is -1.89. The summed E-state index contributed by atoms with van der Waals surface area (Å²) in [6.45, 7) is 4.34. The van der Waals surface area contributed by atoms with Crippen LogP contribution in [0.15, 0.2) is 64.7 Å². The number of piperazine rings is 1. The molecule has 0 bridgehead atoms. The Morgan fingerprint density at radius 2 is 1.77 bits per heavy atom. The van der Waals surface area contributed by atoms with Crippen molar-refractivity contribution < 1.29 is 4.79 Å². The standard InChI is InChI=1S/C20H20BrN3OS/c21-19-7-6-18(26-19)15-22-10-12-24(13-11-22)20(25)16-4-3-5-17(14-16)23-8-1-2-9-23/h1-9,14H,10-13,15H2. The minimum Gasteiger partial charge on any atom is -0.336 e. The molecule has 0 atom stereocenters. The van der Waals surface area contributed by atoms with Crippen LogP contribution in [-0.4, -0.2) is 46.5 Å². The minimum atomic E-state index is 0.123. The maximum Gasteiger partial charge on any atom is 0.254 e. The molecule has 1 aliphatic heterocycles. The average molecular weight is 430 g/mol. The molecule has 134 valence electrons. The first-order valence-electron chi connectivity index (χ1n) is 8.68. The predicted octanol–water partition coefficient (Wildman–Crippen LogP) is 4.26. The van der Waals surface area contributed by atoms with Gasteiger partial charge in [-0.1, -0.05) is 6.07 Å². The fraction of sp³-hybridized carbons (Fsp3) is 0.250. The van der Waals surface area contributed by atoms with Crippen LogP contribution >= 0.6 is 27.3 Å². The van der Waals surface area contributed by atoms with E-state index in [2.05, 4.69) is 33.0 Å².